The quantitative estimate of drug-likeness (QED) is 0.363. The van der Waals surface area contributed by atoms with E-state index in [1.807, 2.05) is 62.4 Å². The third-order valence-electron chi connectivity index (χ3n) is 3.05. The Labute approximate surface area is 197 Å². The van der Waals surface area contributed by atoms with Crippen LogP contribution in [0.3, 0.4) is 0 Å². The van der Waals surface area contributed by atoms with Crippen molar-refractivity contribution in [1.82, 2.24) is 0 Å². The van der Waals surface area contributed by atoms with Gasteiger partial charge in [0.05, 0.1) is 0 Å². The van der Waals surface area contributed by atoms with Gasteiger partial charge in [-0.15, -0.1) is 11.8 Å². The SMILES string of the molecule is CC.C[SiH](C)CC#Cc1cc[c-]cc1.C[SiH](C)CC#Cc1ccc(Br)cc1.[Li+]. The van der Waals surface area contributed by atoms with Gasteiger partial charge in [-0.25, -0.2) is 0 Å². The van der Waals surface area contributed by atoms with Gasteiger partial charge in [0.1, 0.15) is 0 Å². The minimum absolute atomic E-state index is 0. The standard InChI is InChI=1S/C11H13BrSi.C11H13Si.C2H6.Li/c1-13(2)9-3-4-10-5-7-11(12)8-6-10;1-12(2)10-6-9-11-7-4-3-5-8-11;1-2;/h5-8,13H,9H2,1-2H3;4-5,7-8,12H,10H2,1-2H3;1-2H3;/q;-1;;+1. The molecular formula is C24H32BrLiSi2. The first-order chi connectivity index (χ1) is 13.0. The molecule has 0 N–H and O–H groups in total. The Morgan fingerprint density at radius 1 is 0.750 bits per heavy atom. The predicted molar refractivity (Wildman–Crippen MR) is 132 cm³/mol. The van der Waals surface area contributed by atoms with Gasteiger partial charge in [-0.05, 0) is 24.3 Å². The zero-order valence-electron chi connectivity index (χ0n) is 18.6. The summed E-state index contributed by atoms with van der Waals surface area (Å²) in [5.74, 6) is 12.7. The first kappa shape index (κ1) is 29.3. The van der Waals surface area contributed by atoms with E-state index in [1.54, 1.807) is 0 Å². The molecule has 4 heteroatoms. The fourth-order valence-electron chi connectivity index (χ4n) is 1.72. The average Bonchev–Trinajstić information content (AvgIpc) is 2.66. The van der Waals surface area contributed by atoms with Gasteiger partial charge in [0, 0.05) is 39.7 Å². The van der Waals surface area contributed by atoms with E-state index in [2.05, 4.69) is 71.9 Å². The number of halogens is 1. The van der Waals surface area contributed by atoms with E-state index < -0.39 is 17.6 Å². The van der Waals surface area contributed by atoms with Crippen molar-refractivity contribution < 1.29 is 18.9 Å². The van der Waals surface area contributed by atoms with E-state index in [9.17, 15) is 0 Å². The molecule has 2 rings (SSSR count). The molecule has 0 fully saturated rings. The largest absolute Gasteiger partial charge is 1.00 e. The Morgan fingerprint density at radius 3 is 1.54 bits per heavy atom. The molecule has 2 aromatic rings. The Hall–Kier alpha value is -0.929. The van der Waals surface area contributed by atoms with E-state index in [1.165, 1.54) is 0 Å². The zero-order chi connectivity index (χ0) is 20.5. The molecule has 0 spiro atoms. The summed E-state index contributed by atoms with van der Waals surface area (Å²) < 4.78 is 1.11. The maximum atomic E-state index is 3.40. The van der Waals surface area contributed by atoms with Crippen molar-refractivity contribution in [2.45, 2.75) is 52.1 Å². The number of rotatable bonds is 2. The third-order valence-corrected chi connectivity index (χ3v) is 5.62. The van der Waals surface area contributed by atoms with Crippen LogP contribution in [0, 0.1) is 29.7 Å². The van der Waals surface area contributed by atoms with E-state index >= 15 is 0 Å². The molecule has 28 heavy (non-hydrogen) atoms. The molecule has 0 radical (unpaired) electrons. The maximum absolute atomic E-state index is 3.40. The van der Waals surface area contributed by atoms with E-state index in [-0.39, 0.29) is 18.9 Å². The molecule has 0 nitrogen and oxygen atoms in total. The molecule has 0 aliphatic carbocycles. The molecule has 144 valence electrons. The van der Waals surface area contributed by atoms with Crippen LogP contribution in [0.2, 0.25) is 38.3 Å². The van der Waals surface area contributed by atoms with Crippen molar-refractivity contribution >= 4 is 33.5 Å². The van der Waals surface area contributed by atoms with Crippen molar-refractivity contribution in [3.63, 3.8) is 0 Å². The molecule has 0 amide bonds. The van der Waals surface area contributed by atoms with Crippen LogP contribution < -0.4 is 18.9 Å². The number of hydrogen-bond donors (Lipinski definition) is 0. The monoisotopic (exact) mass is 462 g/mol. The van der Waals surface area contributed by atoms with Gasteiger partial charge in [-0.1, -0.05) is 73.4 Å². The molecule has 0 atom stereocenters. The van der Waals surface area contributed by atoms with Crippen LogP contribution >= 0.6 is 15.9 Å². The van der Waals surface area contributed by atoms with Crippen molar-refractivity contribution in [2.24, 2.45) is 0 Å². The second-order valence-electron chi connectivity index (χ2n) is 6.60. The second-order valence-corrected chi connectivity index (χ2v) is 13.9. The van der Waals surface area contributed by atoms with Gasteiger partial charge in [0.2, 0.25) is 0 Å². The van der Waals surface area contributed by atoms with Gasteiger partial charge in [0.15, 0.2) is 0 Å². The van der Waals surface area contributed by atoms with E-state index in [0.29, 0.717) is 0 Å². The predicted octanol–water partition coefficient (Wildman–Crippen LogP) is 3.64. The van der Waals surface area contributed by atoms with Crippen LogP contribution in [0.1, 0.15) is 25.0 Å². The molecule has 0 aliphatic rings. The van der Waals surface area contributed by atoms with Gasteiger partial charge >= 0.3 is 18.9 Å². The molecule has 0 unspecified atom stereocenters. The third kappa shape index (κ3) is 17.2. The molecule has 0 aliphatic heterocycles. The summed E-state index contributed by atoms with van der Waals surface area (Å²) in [6.07, 6.45) is 0. The van der Waals surface area contributed by atoms with Gasteiger partial charge < -0.3 is 0 Å². The number of hydrogen-bond acceptors (Lipinski definition) is 0. The average molecular weight is 464 g/mol. The summed E-state index contributed by atoms with van der Waals surface area (Å²) in [7, 11) is -0.998. The Bertz CT molecular complexity index is 733. The molecule has 0 heterocycles. The normalized spacial score (nSPS) is 8.61. The molecule has 2 aromatic carbocycles. The molecular weight excluding hydrogens is 431 g/mol. The maximum Gasteiger partial charge on any atom is 1.00 e. The Kier molecular flexibility index (Phi) is 20.3. The van der Waals surface area contributed by atoms with Crippen LogP contribution in [-0.4, -0.2) is 17.6 Å². The van der Waals surface area contributed by atoms with E-state index in [0.717, 1.165) is 27.7 Å². The van der Waals surface area contributed by atoms with Gasteiger partial charge in [0.25, 0.3) is 0 Å². The molecule has 0 saturated carbocycles. The van der Waals surface area contributed by atoms with Crippen LogP contribution in [-0.2, 0) is 0 Å². The number of benzene rings is 2. The van der Waals surface area contributed by atoms with Crippen LogP contribution in [0.5, 0.6) is 0 Å². The summed E-state index contributed by atoms with van der Waals surface area (Å²) in [5.41, 5.74) is 2.21. The van der Waals surface area contributed by atoms with Crippen molar-refractivity contribution in [3.8, 4) is 23.7 Å². The van der Waals surface area contributed by atoms with Crippen molar-refractivity contribution in [3.05, 3.63) is 70.2 Å². The second kappa shape index (κ2) is 19.4. The summed E-state index contributed by atoms with van der Waals surface area (Å²) in [4.78, 5) is 0. The van der Waals surface area contributed by atoms with Crippen LogP contribution in [0.15, 0.2) is 53.0 Å². The van der Waals surface area contributed by atoms with E-state index in [4.69, 9.17) is 0 Å². The summed E-state index contributed by atoms with van der Waals surface area (Å²) in [6.45, 7) is 13.3. The Balaban J connectivity index is 0. The first-order valence-corrected chi connectivity index (χ1v) is 16.7. The van der Waals surface area contributed by atoms with Crippen molar-refractivity contribution in [2.75, 3.05) is 0 Å². The summed E-state index contributed by atoms with van der Waals surface area (Å²) >= 11 is 3.40. The molecule has 0 saturated heterocycles. The summed E-state index contributed by atoms with van der Waals surface area (Å²) in [6, 6.07) is 21.1. The molecule has 0 bridgehead atoms. The first-order valence-electron chi connectivity index (χ1n) is 9.66. The molecule has 0 aromatic heterocycles. The van der Waals surface area contributed by atoms with Gasteiger partial charge in [-0.2, -0.15) is 30.3 Å². The fraction of sp³-hybridized carbons (Fsp3) is 0.333. The zero-order valence-corrected chi connectivity index (χ0v) is 22.5. The minimum atomic E-state index is -0.504. The smallest absolute Gasteiger partial charge is 0.184 e. The van der Waals surface area contributed by atoms with Gasteiger partial charge in [-0.3, -0.25) is 0 Å². The summed E-state index contributed by atoms with van der Waals surface area (Å²) in [5, 5.41) is 0. The van der Waals surface area contributed by atoms with Crippen LogP contribution in [0.25, 0.3) is 0 Å². The van der Waals surface area contributed by atoms with Crippen LogP contribution in [0.4, 0.5) is 0 Å². The minimum Gasteiger partial charge on any atom is -0.184 e. The van der Waals surface area contributed by atoms with Crippen molar-refractivity contribution in [1.29, 1.82) is 0 Å². The Morgan fingerprint density at radius 2 is 1.14 bits per heavy atom. The fourth-order valence-corrected chi connectivity index (χ4v) is 3.00. The topological polar surface area (TPSA) is 0 Å².